The van der Waals surface area contributed by atoms with Crippen LogP contribution in [0.3, 0.4) is 0 Å². The van der Waals surface area contributed by atoms with E-state index in [4.69, 9.17) is 14.7 Å². The molecule has 0 radical (unpaired) electrons. The van der Waals surface area contributed by atoms with Crippen molar-refractivity contribution >= 4 is 0 Å². The topological polar surface area (TPSA) is 35.0 Å². The molecule has 2 heterocycles. The zero-order valence-electron chi connectivity index (χ0n) is 30.4. The van der Waals surface area contributed by atoms with Gasteiger partial charge in [0.25, 0.3) is 0 Å². The third-order valence-electron chi connectivity index (χ3n) is 11.4. The van der Waals surface area contributed by atoms with Gasteiger partial charge in [0.1, 0.15) is 11.5 Å². The maximum absolute atomic E-state index is 6.68. The quantitative estimate of drug-likeness (QED) is 0.178. The van der Waals surface area contributed by atoms with E-state index in [1.54, 1.807) is 0 Å². The molecule has 1 aliphatic heterocycles. The summed E-state index contributed by atoms with van der Waals surface area (Å²) in [5.41, 5.74) is 16.3. The number of para-hydroxylation sites is 1. The smallest absolute Gasteiger partial charge is 0.160 e. The Labute approximate surface area is 326 Å². The zero-order valence-corrected chi connectivity index (χ0v) is 30.4. The molecule has 0 unspecified atom stereocenters. The van der Waals surface area contributed by atoms with E-state index in [9.17, 15) is 0 Å². The van der Waals surface area contributed by atoms with Crippen molar-refractivity contribution < 1.29 is 4.74 Å². The number of rotatable bonds is 5. The van der Waals surface area contributed by atoms with Crippen LogP contribution in [0.2, 0.25) is 0 Å². The summed E-state index contributed by atoms with van der Waals surface area (Å²) in [6.45, 7) is 0. The fourth-order valence-electron chi connectivity index (χ4n) is 8.82. The van der Waals surface area contributed by atoms with Gasteiger partial charge in [-0.25, -0.2) is 9.97 Å². The molecule has 1 aromatic heterocycles. The van der Waals surface area contributed by atoms with Crippen LogP contribution in [0.25, 0.3) is 67.3 Å². The molecule has 262 valence electrons. The second-order valence-corrected chi connectivity index (χ2v) is 14.5. The van der Waals surface area contributed by atoms with Gasteiger partial charge in [-0.15, -0.1) is 0 Å². The molecule has 2 aliphatic rings. The molecular formula is C53H34N2O. The first-order valence-electron chi connectivity index (χ1n) is 19.1. The highest BCUT2D eigenvalue weighted by molar-refractivity contribution is 5.89. The van der Waals surface area contributed by atoms with Gasteiger partial charge < -0.3 is 4.74 Å². The van der Waals surface area contributed by atoms with E-state index >= 15 is 0 Å². The van der Waals surface area contributed by atoms with Crippen LogP contribution in [0.4, 0.5) is 0 Å². The van der Waals surface area contributed by atoms with Crippen LogP contribution in [-0.4, -0.2) is 9.97 Å². The molecule has 0 N–H and O–H groups in total. The Bertz CT molecular complexity index is 2890. The molecule has 1 spiro atoms. The molecule has 3 nitrogen and oxygen atoms in total. The average Bonchev–Trinajstić information content (AvgIpc) is 3.57. The summed E-state index contributed by atoms with van der Waals surface area (Å²) in [7, 11) is 0. The van der Waals surface area contributed by atoms with E-state index in [-0.39, 0.29) is 0 Å². The van der Waals surface area contributed by atoms with Gasteiger partial charge in [0.05, 0.1) is 16.8 Å². The standard InChI is InChI=1S/C53H34N2O/c1-3-14-35(15-4-1)39-18-13-19-41(32-39)49-34-48(54-52(55-49)38-16-5-2-6-17-38)37-28-26-36(27-29-37)40-30-31-51-47(33-40)53(46-24-11-12-25-50(46)56-51)44-22-9-7-20-42(44)43-21-8-10-23-45(43)53/h1-34H. The Morgan fingerprint density at radius 3 is 1.50 bits per heavy atom. The van der Waals surface area contributed by atoms with E-state index in [2.05, 4.69) is 182 Å². The lowest BCUT2D eigenvalue weighted by molar-refractivity contribution is 0.436. The van der Waals surface area contributed by atoms with Crippen molar-refractivity contribution in [1.29, 1.82) is 0 Å². The minimum atomic E-state index is -0.504. The first-order valence-corrected chi connectivity index (χ1v) is 19.1. The number of nitrogens with zero attached hydrogens (tertiary/aromatic N) is 2. The van der Waals surface area contributed by atoms with Crippen molar-refractivity contribution in [1.82, 2.24) is 9.97 Å². The molecule has 3 heteroatoms. The first kappa shape index (κ1) is 32.1. The lowest BCUT2D eigenvalue weighted by Crippen LogP contribution is -2.32. The van der Waals surface area contributed by atoms with Gasteiger partial charge >= 0.3 is 0 Å². The van der Waals surface area contributed by atoms with Crippen molar-refractivity contribution in [2.75, 3.05) is 0 Å². The van der Waals surface area contributed by atoms with Gasteiger partial charge in [0.15, 0.2) is 5.82 Å². The maximum atomic E-state index is 6.68. The molecule has 1 aliphatic carbocycles. The fraction of sp³-hybridized carbons (Fsp3) is 0.0189. The molecule has 0 fully saturated rings. The first-order chi connectivity index (χ1) is 27.7. The lowest BCUT2D eigenvalue weighted by atomic mass is 9.66. The molecule has 8 aromatic carbocycles. The molecule has 0 bridgehead atoms. The highest BCUT2D eigenvalue weighted by Crippen LogP contribution is 2.62. The van der Waals surface area contributed by atoms with Gasteiger partial charge in [-0.1, -0.05) is 176 Å². The molecule has 11 rings (SSSR count). The number of fused-ring (bicyclic) bond motifs is 9. The molecule has 56 heavy (non-hydrogen) atoms. The van der Waals surface area contributed by atoms with E-state index in [1.165, 1.54) is 33.4 Å². The summed E-state index contributed by atoms with van der Waals surface area (Å²) in [5, 5.41) is 0. The number of hydrogen-bond donors (Lipinski definition) is 0. The Balaban J connectivity index is 1.02. The predicted octanol–water partition coefficient (Wildman–Crippen LogP) is 13.3. The Kier molecular flexibility index (Phi) is 7.39. The SMILES string of the molecule is c1ccc(-c2cccc(-c3cc(-c4ccc(-c5ccc6c(c5)C5(c7ccccc7O6)c6ccccc6-c6ccccc65)cc4)nc(-c4ccccc4)n3)c2)cc1. The summed E-state index contributed by atoms with van der Waals surface area (Å²) in [5.74, 6) is 2.48. The van der Waals surface area contributed by atoms with Gasteiger partial charge in [-0.2, -0.15) is 0 Å². The normalized spacial score (nSPS) is 12.9. The Morgan fingerprint density at radius 1 is 0.304 bits per heavy atom. The Morgan fingerprint density at radius 2 is 0.786 bits per heavy atom. The van der Waals surface area contributed by atoms with Crippen molar-refractivity contribution in [3.8, 4) is 78.8 Å². The number of hydrogen-bond acceptors (Lipinski definition) is 3. The highest BCUT2D eigenvalue weighted by atomic mass is 16.5. The van der Waals surface area contributed by atoms with Gasteiger partial charge in [-0.3, -0.25) is 0 Å². The summed E-state index contributed by atoms with van der Waals surface area (Å²) in [6, 6.07) is 73.1. The summed E-state index contributed by atoms with van der Waals surface area (Å²) in [6.07, 6.45) is 0. The lowest BCUT2D eigenvalue weighted by Gasteiger charge is -2.39. The molecule has 0 atom stereocenters. The van der Waals surface area contributed by atoms with Crippen LogP contribution in [0.15, 0.2) is 206 Å². The van der Waals surface area contributed by atoms with E-state index in [1.807, 2.05) is 24.3 Å². The van der Waals surface area contributed by atoms with Crippen LogP contribution >= 0.6 is 0 Å². The van der Waals surface area contributed by atoms with E-state index in [0.29, 0.717) is 5.82 Å². The highest BCUT2D eigenvalue weighted by Gasteiger charge is 2.51. The average molecular weight is 715 g/mol. The molecule has 9 aromatic rings. The van der Waals surface area contributed by atoms with Crippen LogP contribution < -0.4 is 4.74 Å². The van der Waals surface area contributed by atoms with Crippen molar-refractivity contribution in [3.63, 3.8) is 0 Å². The Hall–Kier alpha value is -7.36. The van der Waals surface area contributed by atoms with E-state index in [0.717, 1.165) is 61.8 Å². The molecule has 0 saturated carbocycles. The van der Waals surface area contributed by atoms with Crippen LogP contribution in [0.5, 0.6) is 11.5 Å². The van der Waals surface area contributed by atoms with Gasteiger partial charge in [-0.05, 0) is 74.8 Å². The summed E-state index contributed by atoms with van der Waals surface area (Å²) >= 11 is 0. The van der Waals surface area contributed by atoms with Crippen LogP contribution in [-0.2, 0) is 5.41 Å². The zero-order chi connectivity index (χ0) is 37.1. The van der Waals surface area contributed by atoms with Gasteiger partial charge in [0, 0.05) is 27.8 Å². The maximum Gasteiger partial charge on any atom is 0.160 e. The predicted molar refractivity (Wildman–Crippen MR) is 227 cm³/mol. The third kappa shape index (κ3) is 5.05. The minimum Gasteiger partial charge on any atom is -0.457 e. The van der Waals surface area contributed by atoms with Crippen LogP contribution in [0.1, 0.15) is 22.3 Å². The summed E-state index contributed by atoms with van der Waals surface area (Å²) in [4.78, 5) is 10.2. The number of ether oxygens (including phenoxy) is 1. The van der Waals surface area contributed by atoms with E-state index < -0.39 is 5.41 Å². The molecular weight excluding hydrogens is 681 g/mol. The van der Waals surface area contributed by atoms with Crippen LogP contribution in [0, 0.1) is 0 Å². The molecule has 0 amide bonds. The molecule has 0 saturated heterocycles. The summed E-state index contributed by atoms with van der Waals surface area (Å²) < 4.78 is 6.68. The van der Waals surface area contributed by atoms with Crippen molar-refractivity contribution in [2.24, 2.45) is 0 Å². The second-order valence-electron chi connectivity index (χ2n) is 14.5. The van der Waals surface area contributed by atoms with Crippen molar-refractivity contribution in [3.05, 3.63) is 229 Å². The largest absolute Gasteiger partial charge is 0.457 e. The minimum absolute atomic E-state index is 0.504. The second kappa shape index (κ2) is 12.9. The van der Waals surface area contributed by atoms with Gasteiger partial charge in [0.2, 0.25) is 0 Å². The third-order valence-corrected chi connectivity index (χ3v) is 11.4. The monoisotopic (exact) mass is 714 g/mol. The number of benzene rings is 8. The number of aromatic nitrogens is 2. The fourth-order valence-corrected chi connectivity index (χ4v) is 8.82. The van der Waals surface area contributed by atoms with Crippen molar-refractivity contribution in [2.45, 2.75) is 5.41 Å².